The maximum Gasteiger partial charge on any atom is 0.354 e. The average Bonchev–Trinajstić information content (AvgIpc) is 2.78. The molecule has 0 fully saturated rings. The van der Waals surface area contributed by atoms with E-state index in [4.69, 9.17) is 14.6 Å². The number of nitrogens with one attached hydrogen (secondary N) is 1. The van der Waals surface area contributed by atoms with Gasteiger partial charge in [0.1, 0.15) is 5.82 Å². The van der Waals surface area contributed by atoms with Crippen LogP contribution in [0, 0.1) is 0 Å². The van der Waals surface area contributed by atoms with Crippen molar-refractivity contribution in [3.8, 4) is 11.5 Å². The molecule has 1 aliphatic heterocycles. The van der Waals surface area contributed by atoms with Crippen LogP contribution in [0.2, 0.25) is 0 Å². The summed E-state index contributed by atoms with van der Waals surface area (Å²) in [4.78, 5) is 14.9. The summed E-state index contributed by atoms with van der Waals surface area (Å²) in [5, 5.41) is 12.0. The molecule has 1 aromatic carbocycles. The zero-order chi connectivity index (χ0) is 15.4. The number of aromatic nitrogens is 1. The van der Waals surface area contributed by atoms with Gasteiger partial charge in [0, 0.05) is 13.0 Å². The Bertz CT molecular complexity index is 688. The predicted octanol–water partition coefficient (Wildman–Crippen LogP) is 2.55. The Kier molecular flexibility index (Phi) is 4.09. The molecular formula is C16H16N2O4. The number of rotatable bonds is 4. The van der Waals surface area contributed by atoms with Gasteiger partial charge in [-0.05, 0) is 29.8 Å². The van der Waals surface area contributed by atoms with Crippen LogP contribution in [0.1, 0.15) is 22.5 Å². The van der Waals surface area contributed by atoms with Crippen LogP contribution in [-0.4, -0.2) is 29.3 Å². The fourth-order valence-corrected chi connectivity index (χ4v) is 2.16. The van der Waals surface area contributed by atoms with Gasteiger partial charge < -0.3 is 19.9 Å². The molecular weight excluding hydrogens is 284 g/mol. The lowest BCUT2D eigenvalue weighted by atomic mass is 10.2. The monoisotopic (exact) mass is 300 g/mol. The van der Waals surface area contributed by atoms with Crippen molar-refractivity contribution in [1.29, 1.82) is 0 Å². The maximum absolute atomic E-state index is 10.9. The summed E-state index contributed by atoms with van der Waals surface area (Å²) < 4.78 is 11.2. The van der Waals surface area contributed by atoms with Gasteiger partial charge in [0.05, 0.1) is 13.2 Å². The topological polar surface area (TPSA) is 80.7 Å². The highest BCUT2D eigenvalue weighted by molar-refractivity contribution is 5.85. The van der Waals surface area contributed by atoms with Gasteiger partial charge in [-0.1, -0.05) is 12.1 Å². The Morgan fingerprint density at radius 1 is 1.18 bits per heavy atom. The Balaban J connectivity index is 1.70. The molecule has 0 saturated carbocycles. The third-order valence-corrected chi connectivity index (χ3v) is 3.25. The molecule has 22 heavy (non-hydrogen) atoms. The van der Waals surface area contributed by atoms with Crippen molar-refractivity contribution in [3.05, 3.63) is 47.7 Å². The van der Waals surface area contributed by atoms with Gasteiger partial charge in [-0.15, -0.1) is 0 Å². The van der Waals surface area contributed by atoms with Crippen LogP contribution in [0.25, 0.3) is 0 Å². The van der Waals surface area contributed by atoms with E-state index in [0.717, 1.165) is 23.5 Å². The second kappa shape index (κ2) is 6.34. The summed E-state index contributed by atoms with van der Waals surface area (Å²) >= 11 is 0. The van der Waals surface area contributed by atoms with E-state index in [1.165, 1.54) is 6.07 Å². The van der Waals surface area contributed by atoms with Crippen molar-refractivity contribution in [2.24, 2.45) is 0 Å². The highest BCUT2D eigenvalue weighted by atomic mass is 16.5. The van der Waals surface area contributed by atoms with Crippen LogP contribution in [0.3, 0.4) is 0 Å². The van der Waals surface area contributed by atoms with E-state index in [9.17, 15) is 4.79 Å². The normalized spacial score (nSPS) is 13.3. The molecule has 0 bridgehead atoms. The molecule has 0 atom stereocenters. The lowest BCUT2D eigenvalue weighted by Crippen LogP contribution is -2.06. The summed E-state index contributed by atoms with van der Waals surface area (Å²) in [5.41, 5.74) is 1.02. The quantitative estimate of drug-likeness (QED) is 0.903. The maximum atomic E-state index is 10.9. The highest BCUT2D eigenvalue weighted by Crippen LogP contribution is 2.30. The lowest BCUT2D eigenvalue weighted by Gasteiger charge is -2.10. The number of pyridine rings is 1. The molecule has 2 heterocycles. The lowest BCUT2D eigenvalue weighted by molar-refractivity contribution is 0.0690. The molecule has 6 nitrogen and oxygen atoms in total. The molecule has 2 N–H and O–H groups in total. The van der Waals surface area contributed by atoms with Crippen molar-refractivity contribution in [2.75, 3.05) is 18.5 Å². The van der Waals surface area contributed by atoms with Crippen molar-refractivity contribution in [3.63, 3.8) is 0 Å². The van der Waals surface area contributed by atoms with E-state index in [1.807, 2.05) is 18.2 Å². The van der Waals surface area contributed by atoms with Crippen molar-refractivity contribution < 1.29 is 19.4 Å². The second-order valence-corrected chi connectivity index (χ2v) is 4.90. The molecule has 3 rings (SSSR count). The van der Waals surface area contributed by atoms with Gasteiger partial charge >= 0.3 is 5.97 Å². The van der Waals surface area contributed by atoms with E-state index in [2.05, 4.69) is 10.3 Å². The molecule has 0 spiro atoms. The van der Waals surface area contributed by atoms with Gasteiger partial charge in [-0.3, -0.25) is 0 Å². The first kappa shape index (κ1) is 14.2. The largest absolute Gasteiger partial charge is 0.490 e. The number of fused-ring (bicyclic) bond motifs is 1. The van der Waals surface area contributed by atoms with Crippen molar-refractivity contribution >= 4 is 11.8 Å². The minimum atomic E-state index is -1.04. The molecule has 0 unspecified atom stereocenters. The van der Waals surface area contributed by atoms with Crippen LogP contribution < -0.4 is 14.8 Å². The Morgan fingerprint density at radius 3 is 2.82 bits per heavy atom. The van der Waals surface area contributed by atoms with Crippen molar-refractivity contribution in [2.45, 2.75) is 13.0 Å². The average molecular weight is 300 g/mol. The zero-order valence-corrected chi connectivity index (χ0v) is 11.9. The number of hydrogen-bond acceptors (Lipinski definition) is 5. The first-order valence-electron chi connectivity index (χ1n) is 7.05. The summed E-state index contributed by atoms with van der Waals surface area (Å²) in [7, 11) is 0. The molecule has 1 aromatic heterocycles. The number of carboxylic acids is 1. The molecule has 114 valence electrons. The van der Waals surface area contributed by atoms with E-state index >= 15 is 0 Å². The van der Waals surface area contributed by atoms with Crippen LogP contribution in [0.15, 0.2) is 36.4 Å². The first-order valence-corrected chi connectivity index (χ1v) is 7.05. The number of hydrogen-bond donors (Lipinski definition) is 2. The standard InChI is InChI=1S/C16H16N2O4/c19-16(20)12-3-1-4-15(18-12)17-10-11-5-6-13-14(9-11)22-8-2-7-21-13/h1,3-6,9H,2,7-8,10H2,(H,17,18)(H,19,20). The summed E-state index contributed by atoms with van der Waals surface area (Å²) in [6.07, 6.45) is 0.869. The van der Waals surface area contributed by atoms with E-state index in [1.54, 1.807) is 12.1 Å². The second-order valence-electron chi connectivity index (χ2n) is 4.90. The molecule has 2 aromatic rings. The van der Waals surface area contributed by atoms with E-state index in [0.29, 0.717) is 25.6 Å². The summed E-state index contributed by atoms with van der Waals surface area (Å²) in [5.74, 6) is 0.975. The van der Waals surface area contributed by atoms with Crippen molar-refractivity contribution in [1.82, 2.24) is 4.98 Å². The molecule has 1 aliphatic rings. The fourth-order valence-electron chi connectivity index (χ4n) is 2.16. The van der Waals surface area contributed by atoms with E-state index in [-0.39, 0.29) is 5.69 Å². The zero-order valence-electron chi connectivity index (χ0n) is 11.9. The molecule has 0 radical (unpaired) electrons. The molecule has 0 aliphatic carbocycles. The Labute approximate surface area is 127 Å². The number of anilines is 1. The minimum Gasteiger partial charge on any atom is -0.490 e. The third-order valence-electron chi connectivity index (χ3n) is 3.25. The summed E-state index contributed by atoms with van der Waals surface area (Å²) in [6, 6.07) is 10.6. The van der Waals surface area contributed by atoms with Gasteiger partial charge in [0.2, 0.25) is 0 Å². The van der Waals surface area contributed by atoms with Gasteiger partial charge in [-0.2, -0.15) is 0 Å². The number of aromatic carboxylic acids is 1. The third kappa shape index (κ3) is 3.28. The number of carboxylic acid groups (broad SMARTS) is 1. The van der Waals surface area contributed by atoms with Gasteiger partial charge in [0.25, 0.3) is 0 Å². The SMILES string of the molecule is O=C(O)c1cccc(NCc2ccc3c(c2)OCCCO3)n1. The number of nitrogens with zero attached hydrogens (tertiary/aromatic N) is 1. The number of ether oxygens (including phenoxy) is 2. The Hall–Kier alpha value is -2.76. The van der Waals surface area contributed by atoms with Crippen LogP contribution >= 0.6 is 0 Å². The number of carbonyl (C=O) groups is 1. The molecule has 0 amide bonds. The van der Waals surface area contributed by atoms with E-state index < -0.39 is 5.97 Å². The van der Waals surface area contributed by atoms with Crippen LogP contribution in [-0.2, 0) is 6.54 Å². The smallest absolute Gasteiger partial charge is 0.354 e. The summed E-state index contributed by atoms with van der Waals surface area (Å²) in [6.45, 7) is 1.83. The number of benzene rings is 1. The first-order chi connectivity index (χ1) is 10.7. The van der Waals surface area contributed by atoms with Crippen LogP contribution in [0.5, 0.6) is 11.5 Å². The predicted molar refractivity (Wildman–Crippen MR) is 80.6 cm³/mol. The fraction of sp³-hybridized carbons (Fsp3) is 0.250. The molecule has 0 saturated heterocycles. The van der Waals surface area contributed by atoms with Gasteiger partial charge in [-0.25, -0.2) is 9.78 Å². The van der Waals surface area contributed by atoms with Crippen LogP contribution in [0.4, 0.5) is 5.82 Å². The minimum absolute atomic E-state index is 0.0173. The van der Waals surface area contributed by atoms with Gasteiger partial charge in [0.15, 0.2) is 17.2 Å². The Morgan fingerprint density at radius 2 is 2.00 bits per heavy atom. The molecule has 6 heteroatoms. The highest BCUT2D eigenvalue weighted by Gasteiger charge is 2.11.